The zero-order valence-electron chi connectivity index (χ0n) is 12.0. The highest BCUT2D eigenvalue weighted by Crippen LogP contribution is 2.24. The second-order valence-corrected chi connectivity index (χ2v) is 4.42. The summed E-state index contributed by atoms with van der Waals surface area (Å²) in [5, 5.41) is 0. The number of allylic oxidation sites excluding steroid dienone is 5. The van der Waals surface area contributed by atoms with Crippen LogP contribution in [0.2, 0.25) is 0 Å². The van der Waals surface area contributed by atoms with Crippen LogP contribution in [0.5, 0.6) is 0 Å². The summed E-state index contributed by atoms with van der Waals surface area (Å²) in [6.07, 6.45) is 9.74. The lowest BCUT2D eigenvalue weighted by Gasteiger charge is -2.26. The Hall–Kier alpha value is -0.820. The normalized spacial score (nSPS) is 16.9. The van der Waals surface area contributed by atoms with Gasteiger partial charge in [0.15, 0.2) is 0 Å². The summed E-state index contributed by atoms with van der Waals surface area (Å²) in [6, 6.07) is 0. The van der Waals surface area contributed by atoms with Crippen molar-refractivity contribution >= 4 is 0 Å². The zero-order valence-corrected chi connectivity index (χ0v) is 12.0. The fourth-order valence-corrected chi connectivity index (χ4v) is 1.71. The van der Waals surface area contributed by atoms with Gasteiger partial charge in [-0.1, -0.05) is 52.0 Å². The van der Waals surface area contributed by atoms with Crippen molar-refractivity contribution in [3.05, 3.63) is 36.0 Å². The van der Waals surface area contributed by atoms with Gasteiger partial charge in [0.1, 0.15) is 0 Å². The van der Waals surface area contributed by atoms with E-state index in [1.165, 1.54) is 17.6 Å². The third-order valence-electron chi connectivity index (χ3n) is 2.62. The van der Waals surface area contributed by atoms with E-state index >= 15 is 0 Å². The molecule has 0 saturated carbocycles. The van der Waals surface area contributed by atoms with Crippen LogP contribution >= 0.6 is 0 Å². The predicted molar refractivity (Wildman–Crippen MR) is 77.2 cm³/mol. The van der Waals surface area contributed by atoms with Crippen LogP contribution in [0.15, 0.2) is 36.0 Å². The molecule has 1 nitrogen and oxygen atoms in total. The van der Waals surface area contributed by atoms with Crippen LogP contribution in [0.4, 0.5) is 0 Å². The van der Waals surface area contributed by atoms with Gasteiger partial charge in [0.25, 0.3) is 0 Å². The highest BCUT2D eigenvalue weighted by molar-refractivity contribution is 5.32. The van der Waals surface area contributed by atoms with Crippen molar-refractivity contribution in [3.63, 3.8) is 0 Å². The minimum atomic E-state index is 0.717. The third kappa shape index (κ3) is 6.48. The molecule has 0 aromatic heterocycles. The lowest BCUT2D eigenvalue weighted by atomic mass is 9.93. The maximum Gasteiger partial charge on any atom is 0.0519 e. The molecule has 0 bridgehead atoms. The summed E-state index contributed by atoms with van der Waals surface area (Å²) in [4.78, 5) is 0. The SMILES string of the molecule is C=C/C(CC1COC1)=C(\C=C/C)CC.CCC. The van der Waals surface area contributed by atoms with E-state index in [4.69, 9.17) is 4.74 Å². The van der Waals surface area contributed by atoms with Crippen LogP contribution in [0, 0.1) is 5.92 Å². The Morgan fingerprint density at radius 3 is 2.12 bits per heavy atom. The molecule has 0 aromatic rings. The molecule has 1 aliphatic rings. The van der Waals surface area contributed by atoms with E-state index in [-0.39, 0.29) is 0 Å². The standard InChI is InChI=1S/C13H20O.C3H8/c1-4-7-12(5-2)13(6-3)8-11-9-14-10-11;1-3-2/h4,6-7,11H,3,5,8-10H2,1-2H3;3H2,1-2H3/b7-4-,13-12+;. The molecule has 1 aliphatic heterocycles. The topological polar surface area (TPSA) is 9.23 Å². The lowest BCUT2D eigenvalue weighted by molar-refractivity contribution is -0.0309. The molecular weight excluding hydrogens is 208 g/mol. The van der Waals surface area contributed by atoms with Crippen LogP contribution in [-0.4, -0.2) is 13.2 Å². The van der Waals surface area contributed by atoms with Gasteiger partial charge in [0.05, 0.1) is 13.2 Å². The van der Waals surface area contributed by atoms with Crippen molar-refractivity contribution in [2.24, 2.45) is 5.92 Å². The van der Waals surface area contributed by atoms with Crippen molar-refractivity contribution in [2.45, 2.75) is 47.0 Å². The molecule has 0 atom stereocenters. The molecule has 1 saturated heterocycles. The van der Waals surface area contributed by atoms with Crippen LogP contribution in [0.1, 0.15) is 47.0 Å². The molecule has 1 heterocycles. The Bertz CT molecular complexity index is 257. The van der Waals surface area contributed by atoms with Gasteiger partial charge in [-0.25, -0.2) is 0 Å². The molecule has 17 heavy (non-hydrogen) atoms. The van der Waals surface area contributed by atoms with Crippen molar-refractivity contribution in [3.8, 4) is 0 Å². The second-order valence-electron chi connectivity index (χ2n) is 4.42. The smallest absolute Gasteiger partial charge is 0.0519 e. The van der Waals surface area contributed by atoms with Crippen molar-refractivity contribution in [2.75, 3.05) is 13.2 Å². The van der Waals surface area contributed by atoms with E-state index in [0.717, 1.165) is 32.0 Å². The van der Waals surface area contributed by atoms with Crippen molar-refractivity contribution < 1.29 is 4.74 Å². The number of hydrogen-bond acceptors (Lipinski definition) is 1. The quantitative estimate of drug-likeness (QED) is 0.616. The van der Waals surface area contributed by atoms with Crippen LogP contribution < -0.4 is 0 Å². The summed E-state index contributed by atoms with van der Waals surface area (Å²) >= 11 is 0. The van der Waals surface area contributed by atoms with E-state index in [1.54, 1.807) is 0 Å². The third-order valence-corrected chi connectivity index (χ3v) is 2.62. The molecule has 0 aliphatic carbocycles. The molecule has 1 heteroatoms. The molecule has 1 rings (SSSR count). The number of ether oxygens (including phenoxy) is 1. The van der Waals surface area contributed by atoms with Crippen LogP contribution in [0.25, 0.3) is 0 Å². The fraction of sp³-hybridized carbons (Fsp3) is 0.625. The molecule has 1 fully saturated rings. The highest BCUT2D eigenvalue weighted by atomic mass is 16.5. The minimum Gasteiger partial charge on any atom is -0.381 e. The zero-order chi connectivity index (χ0) is 13.1. The minimum absolute atomic E-state index is 0.717. The van der Waals surface area contributed by atoms with E-state index < -0.39 is 0 Å². The molecule has 0 spiro atoms. The first-order chi connectivity index (χ1) is 8.23. The number of rotatable bonds is 5. The fourth-order valence-electron chi connectivity index (χ4n) is 1.71. The first-order valence-corrected chi connectivity index (χ1v) is 6.78. The molecule has 0 amide bonds. The van der Waals surface area contributed by atoms with E-state index in [2.05, 4.69) is 46.4 Å². The maximum atomic E-state index is 5.18. The molecule has 0 aromatic carbocycles. The Labute approximate surface area is 107 Å². The Morgan fingerprint density at radius 2 is 1.82 bits per heavy atom. The van der Waals surface area contributed by atoms with Crippen LogP contribution in [-0.2, 0) is 4.74 Å². The molecule has 0 radical (unpaired) electrons. The van der Waals surface area contributed by atoms with Gasteiger partial charge in [0, 0.05) is 5.92 Å². The van der Waals surface area contributed by atoms with E-state index in [0.29, 0.717) is 0 Å². The van der Waals surface area contributed by atoms with Gasteiger partial charge < -0.3 is 4.74 Å². The lowest BCUT2D eigenvalue weighted by Crippen LogP contribution is -2.27. The average molecular weight is 236 g/mol. The van der Waals surface area contributed by atoms with Crippen LogP contribution in [0.3, 0.4) is 0 Å². The molecular formula is C16H28O. The van der Waals surface area contributed by atoms with Gasteiger partial charge in [-0.2, -0.15) is 0 Å². The maximum absolute atomic E-state index is 5.18. The van der Waals surface area contributed by atoms with Gasteiger partial charge in [-0.15, -0.1) is 0 Å². The largest absolute Gasteiger partial charge is 0.381 e. The number of hydrogen-bond donors (Lipinski definition) is 0. The summed E-state index contributed by atoms with van der Waals surface area (Å²) in [7, 11) is 0. The van der Waals surface area contributed by atoms with Crippen molar-refractivity contribution in [1.82, 2.24) is 0 Å². The summed E-state index contributed by atoms with van der Waals surface area (Å²) in [5.41, 5.74) is 2.80. The van der Waals surface area contributed by atoms with E-state index in [9.17, 15) is 0 Å². The molecule has 98 valence electrons. The second kappa shape index (κ2) is 10.3. The van der Waals surface area contributed by atoms with Gasteiger partial charge in [-0.05, 0) is 30.9 Å². The molecule has 0 unspecified atom stereocenters. The molecule has 0 N–H and O–H groups in total. The van der Waals surface area contributed by atoms with E-state index in [1.807, 2.05) is 6.08 Å². The predicted octanol–water partition coefficient (Wildman–Crippen LogP) is 4.91. The Kier molecular flexibility index (Phi) is 9.84. The van der Waals surface area contributed by atoms with Gasteiger partial charge in [0.2, 0.25) is 0 Å². The highest BCUT2D eigenvalue weighted by Gasteiger charge is 2.19. The van der Waals surface area contributed by atoms with Crippen molar-refractivity contribution in [1.29, 1.82) is 0 Å². The average Bonchev–Trinajstić information content (AvgIpc) is 2.27. The van der Waals surface area contributed by atoms with Gasteiger partial charge in [-0.3, -0.25) is 0 Å². The Morgan fingerprint density at radius 1 is 1.24 bits per heavy atom. The summed E-state index contributed by atoms with van der Waals surface area (Å²) in [6.45, 7) is 14.2. The first-order valence-electron chi connectivity index (χ1n) is 6.78. The summed E-state index contributed by atoms with van der Waals surface area (Å²) in [5.74, 6) is 0.717. The van der Waals surface area contributed by atoms with Gasteiger partial charge >= 0.3 is 0 Å². The summed E-state index contributed by atoms with van der Waals surface area (Å²) < 4.78 is 5.18. The monoisotopic (exact) mass is 236 g/mol. The first kappa shape index (κ1) is 16.2. The Balaban J connectivity index is 0.000000770.